The number of benzene rings is 2. The van der Waals surface area contributed by atoms with E-state index in [1.165, 1.54) is 0 Å². The molecule has 0 unspecified atom stereocenters. The molecule has 142 valence electrons. The van der Waals surface area contributed by atoms with Gasteiger partial charge in [0.1, 0.15) is 17.0 Å². The van der Waals surface area contributed by atoms with Gasteiger partial charge in [0, 0.05) is 28.0 Å². The molecule has 0 spiro atoms. The standard InChI is InChI=1S/C21H18N2O5/c1-3-27-21(25)17-9-13-8-14(5-7-16(13)23-17)22-20(24)19-10-12-4-6-15(26-2)11-18(12)28-19/h4-11,23H,3H2,1-2H3,(H,22,24). The first kappa shape index (κ1) is 17.7. The molecule has 2 N–H and O–H groups in total. The molecule has 1 amide bonds. The second-order valence-electron chi connectivity index (χ2n) is 6.17. The number of anilines is 1. The second kappa shape index (κ2) is 7.11. The fraction of sp³-hybridized carbons (Fsp3) is 0.143. The minimum atomic E-state index is -0.415. The molecular formula is C21H18N2O5. The molecule has 0 aliphatic rings. The number of hydrogen-bond acceptors (Lipinski definition) is 5. The Labute approximate surface area is 160 Å². The van der Waals surface area contributed by atoms with Crippen LogP contribution >= 0.6 is 0 Å². The van der Waals surface area contributed by atoms with E-state index in [0.29, 0.717) is 29.3 Å². The van der Waals surface area contributed by atoms with Crippen molar-refractivity contribution in [3.8, 4) is 5.75 Å². The van der Waals surface area contributed by atoms with Gasteiger partial charge >= 0.3 is 5.97 Å². The van der Waals surface area contributed by atoms with Crippen molar-refractivity contribution in [3.63, 3.8) is 0 Å². The SMILES string of the molecule is CCOC(=O)c1cc2cc(NC(=O)c3cc4ccc(OC)cc4o3)ccc2[nH]1. The monoisotopic (exact) mass is 378 g/mol. The lowest BCUT2D eigenvalue weighted by Crippen LogP contribution is -2.10. The van der Waals surface area contributed by atoms with Crippen LogP contribution in [0.25, 0.3) is 21.9 Å². The van der Waals surface area contributed by atoms with E-state index in [4.69, 9.17) is 13.9 Å². The zero-order chi connectivity index (χ0) is 19.7. The summed E-state index contributed by atoms with van der Waals surface area (Å²) in [6.45, 7) is 2.06. The highest BCUT2D eigenvalue weighted by molar-refractivity contribution is 6.05. The van der Waals surface area contributed by atoms with E-state index in [0.717, 1.165) is 16.3 Å². The maximum atomic E-state index is 12.6. The number of esters is 1. The number of nitrogens with one attached hydrogen (secondary N) is 2. The van der Waals surface area contributed by atoms with Crippen molar-refractivity contribution in [1.82, 2.24) is 4.98 Å². The molecule has 7 nitrogen and oxygen atoms in total. The molecule has 0 saturated heterocycles. The highest BCUT2D eigenvalue weighted by Crippen LogP contribution is 2.25. The summed E-state index contributed by atoms with van der Waals surface area (Å²) in [5.41, 5.74) is 2.30. The number of carbonyl (C=O) groups is 2. The summed E-state index contributed by atoms with van der Waals surface area (Å²) in [6, 6.07) is 14.0. The molecule has 0 saturated carbocycles. The summed E-state index contributed by atoms with van der Waals surface area (Å²) in [5, 5.41) is 4.41. The van der Waals surface area contributed by atoms with Crippen molar-refractivity contribution in [2.75, 3.05) is 19.0 Å². The van der Waals surface area contributed by atoms with Gasteiger partial charge in [0.15, 0.2) is 5.76 Å². The van der Waals surface area contributed by atoms with Crippen LogP contribution in [0.15, 0.2) is 52.9 Å². The van der Waals surface area contributed by atoms with Crippen LogP contribution in [0.1, 0.15) is 28.0 Å². The van der Waals surface area contributed by atoms with E-state index >= 15 is 0 Å². The van der Waals surface area contributed by atoms with E-state index in [1.54, 1.807) is 56.5 Å². The number of hydrogen-bond donors (Lipinski definition) is 2. The molecular weight excluding hydrogens is 360 g/mol. The van der Waals surface area contributed by atoms with Gasteiger partial charge < -0.3 is 24.2 Å². The molecule has 0 fully saturated rings. The highest BCUT2D eigenvalue weighted by Gasteiger charge is 2.15. The topological polar surface area (TPSA) is 93.6 Å². The van der Waals surface area contributed by atoms with Crippen molar-refractivity contribution in [1.29, 1.82) is 0 Å². The Morgan fingerprint density at radius 2 is 1.93 bits per heavy atom. The minimum Gasteiger partial charge on any atom is -0.497 e. The predicted octanol–water partition coefficient (Wildman–Crippen LogP) is 4.35. The zero-order valence-electron chi connectivity index (χ0n) is 15.4. The average Bonchev–Trinajstić information content (AvgIpc) is 3.31. The fourth-order valence-corrected chi connectivity index (χ4v) is 2.97. The number of amides is 1. The first-order valence-corrected chi connectivity index (χ1v) is 8.76. The summed E-state index contributed by atoms with van der Waals surface area (Å²) in [6.07, 6.45) is 0. The van der Waals surface area contributed by atoms with Gasteiger partial charge in [0.2, 0.25) is 0 Å². The molecule has 7 heteroatoms. The summed E-state index contributed by atoms with van der Waals surface area (Å²) in [5.74, 6) is 0.0754. The molecule has 2 aromatic heterocycles. The predicted molar refractivity (Wildman–Crippen MR) is 105 cm³/mol. The summed E-state index contributed by atoms with van der Waals surface area (Å²) in [7, 11) is 1.57. The minimum absolute atomic E-state index is 0.199. The lowest BCUT2D eigenvalue weighted by molar-refractivity contribution is 0.0520. The van der Waals surface area contributed by atoms with Crippen LogP contribution in [0, 0.1) is 0 Å². The Morgan fingerprint density at radius 1 is 1.07 bits per heavy atom. The number of aromatic amines is 1. The third kappa shape index (κ3) is 3.29. The van der Waals surface area contributed by atoms with Crippen LogP contribution in [0.2, 0.25) is 0 Å². The third-order valence-corrected chi connectivity index (χ3v) is 4.32. The van der Waals surface area contributed by atoms with Gasteiger partial charge in [-0.3, -0.25) is 4.79 Å². The van der Waals surface area contributed by atoms with Crippen molar-refractivity contribution >= 4 is 39.4 Å². The number of rotatable bonds is 5. The maximum absolute atomic E-state index is 12.6. The van der Waals surface area contributed by atoms with Crippen LogP contribution in [-0.2, 0) is 4.74 Å². The number of aromatic nitrogens is 1. The summed E-state index contributed by atoms with van der Waals surface area (Å²) >= 11 is 0. The van der Waals surface area contributed by atoms with Gasteiger partial charge in [0.25, 0.3) is 5.91 Å². The number of methoxy groups -OCH3 is 1. The highest BCUT2D eigenvalue weighted by atomic mass is 16.5. The van der Waals surface area contributed by atoms with Crippen LogP contribution in [-0.4, -0.2) is 30.6 Å². The molecule has 4 aromatic rings. The van der Waals surface area contributed by atoms with Crippen molar-refractivity contribution in [2.24, 2.45) is 0 Å². The number of furan rings is 1. The van der Waals surface area contributed by atoms with E-state index < -0.39 is 5.97 Å². The molecule has 0 bridgehead atoms. The Balaban J connectivity index is 1.57. The first-order chi connectivity index (χ1) is 13.6. The molecule has 0 atom stereocenters. The van der Waals surface area contributed by atoms with Crippen molar-refractivity contribution in [2.45, 2.75) is 6.92 Å². The third-order valence-electron chi connectivity index (χ3n) is 4.32. The maximum Gasteiger partial charge on any atom is 0.354 e. The van der Waals surface area contributed by atoms with Gasteiger partial charge in [-0.2, -0.15) is 0 Å². The van der Waals surface area contributed by atoms with Gasteiger partial charge in [-0.1, -0.05) is 0 Å². The van der Waals surface area contributed by atoms with Crippen LogP contribution < -0.4 is 10.1 Å². The number of fused-ring (bicyclic) bond motifs is 2. The van der Waals surface area contributed by atoms with Crippen molar-refractivity contribution < 1.29 is 23.5 Å². The van der Waals surface area contributed by atoms with Crippen molar-refractivity contribution in [3.05, 3.63) is 60.0 Å². The zero-order valence-corrected chi connectivity index (χ0v) is 15.4. The van der Waals surface area contributed by atoms with Gasteiger partial charge in [-0.05, 0) is 49.4 Å². The van der Waals surface area contributed by atoms with E-state index in [2.05, 4.69) is 10.3 Å². The van der Waals surface area contributed by atoms with Crippen LogP contribution in [0.3, 0.4) is 0 Å². The van der Waals surface area contributed by atoms with Gasteiger partial charge in [0.05, 0.1) is 13.7 Å². The normalized spacial score (nSPS) is 10.9. The number of H-pyrrole nitrogens is 1. The first-order valence-electron chi connectivity index (χ1n) is 8.76. The Kier molecular flexibility index (Phi) is 4.49. The van der Waals surface area contributed by atoms with Gasteiger partial charge in [-0.25, -0.2) is 4.79 Å². The fourth-order valence-electron chi connectivity index (χ4n) is 2.97. The number of carbonyl (C=O) groups excluding carboxylic acids is 2. The Morgan fingerprint density at radius 3 is 2.71 bits per heavy atom. The molecule has 4 rings (SSSR count). The lowest BCUT2D eigenvalue weighted by Gasteiger charge is -2.03. The lowest BCUT2D eigenvalue weighted by atomic mass is 10.2. The van der Waals surface area contributed by atoms with E-state index in [9.17, 15) is 9.59 Å². The van der Waals surface area contributed by atoms with Crippen LogP contribution in [0.5, 0.6) is 5.75 Å². The quantitative estimate of drug-likeness (QED) is 0.504. The second-order valence-corrected chi connectivity index (χ2v) is 6.17. The van der Waals surface area contributed by atoms with E-state index in [1.807, 2.05) is 6.07 Å². The Bertz CT molecular complexity index is 1190. The largest absolute Gasteiger partial charge is 0.497 e. The smallest absolute Gasteiger partial charge is 0.354 e. The summed E-state index contributed by atoms with van der Waals surface area (Å²) < 4.78 is 15.8. The Hall–Kier alpha value is -3.74. The molecule has 0 aliphatic heterocycles. The molecule has 0 aliphatic carbocycles. The average molecular weight is 378 g/mol. The molecule has 0 radical (unpaired) electrons. The van der Waals surface area contributed by atoms with E-state index in [-0.39, 0.29) is 11.7 Å². The van der Waals surface area contributed by atoms with Gasteiger partial charge in [-0.15, -0.1) is 0 Å². The molecule has 2 aromatic carbocycles. The molecule has 2 heterocycles. The summed E-state index contributed by atoms with van der Waals surface area (Å²) in [4.78, 5) is 27.4. The number of ether oxygens (including phenoxy) is 2. The molecule has 28 heavy (non-hydrogen) atoms. The van der Waals surface area contributed by atoms with Crippen LogP contribution in [0.4, 0.5) is 5.69 Å².